The van der Waals surface area contributed by atoms with Crippen molar-refractivity contribution in [3.05, 3.63) is 65.2 Å². The lowest BCUT2D eigenvalue weighted by Gasteiger charge is -2.25. The molecule has 222 valence electrons. The van der Waals surface area contributed by atoms with Gasteiger partial charge in [0.2, 0.25) is 0 Å². The lowest BCUT2D eigenvalue weighted by molar-refractivity contribution is -0.0510. The molecule has 2 aromatic rings. The van der Waals surface area contributed by atoms with Crippen LogP contribution < -0.4 is 22.5 Å². The highest BCUT2D eigenvalue weighted by Crippen LogP contribution is 2.63. The minimum atomic E-state index is -4.04. The van der Waals surface area contributed by atoms with Gasteiger partial charge < -0.3 is 24.2 Å². The van der Waals surface area contributed by atoms with Gasteiger partial charge in [-0.05, 0) is 25.2 Å². The second-order valence-electron chi connectivity index (χ2n) is 9.24. The quantitative estimate of drug-likeness (QED) is 0.186. The molecule has 0 radical (unpaired) electrons. The van der Waals surface area contributed by atoms with E-state index < -0.39 is 79.4 Å². The van der Waals surface area contributed by atoms with Crippen LogP contribution in [0, 0.1) is 13.8 Å². The van der Waals surface area contributed by atoms with Crippen LogP contribution in [0.2, 0.25) is 0 Å². The first-order chi connectivity index (χ1) is 18.9. The summed E-state index contributed by atoms with van der Waals surface area (Å²) in [6, 6.07) is 0. The van der Waals surface area contributed by atoms with Crippen LogP contribution in [-0.2, 0) is 27.6 Å². The van der Waals surface area contributed by atoms with Gasteiger partial charge in [-0.15, -0.1) is 0 Å². The zero-order chi connectivity index (χ0) is 29.2. The van der Waals surface area contributed by atoms with E-state index in [1.165, 1.54) is 26.2 Å². The van der Waals surface area contributed by atoms with Gasteiger partial charge in [-0.2, -0.15) is 0 Å². The zero-order valence-electron chi connectivity index (χ0n) is 21.5. The molecule has 2 unspecified atom stereocenters. The van der Waals surface area contributed by atoms with E-state index in [9.17, 15) is 34.0 Å². The fourth-order valence-corrected chi connectivity index (χ4v) is 7.61. The first kappa shape index (κ1) is 31.0. The van der Waals surface area contributed by atoms with Crippen molar-refractivity contribution in [2.24, 2.45) is 0 Å². The maximum Gasteiger partial charge on any atom is 0.391 e. The molecule has 8 atom stereocenters. The normalized spacial score (nSPS) is 28.1. The number of aromatic nitrogens is 4. The molecule has 0 amide bonds. The summed E-state index contributed by atoms with van der Waals surface area (Å²) >= 11 is 0.698. The van der Waals surface area contributed by atoms with Gasteiger partial charge in [0.15, 0.2) is 0 Å². The fourth-order valence-electron chi connectivity index (χ4n) is 4.31. The molecule has 4 rings (SSSR count). The third kappa shape index (κ3) is 6.93. The smallest absolute Gasteiger partial charge is 0.391 e. The lowest BCUT2D eigenvalue weighted by Crippen LogP contribution is -2.33. The number of nitrogens with one attached hydrogen (secondary N) is 2. The SMILES string of the molecule is Cc1cn([C@H]2C[C@H](OP(=O)(OC[C@H]3O[C@@H](n4cc(C)c(=O)[nH]c4=O)C[C@@H]3O)SCOP)[C@@H](CO)O2)c(=O)[nH]c1=O. The van der Waals surface area contributed by atoms with Crippen LogP contribution in [0.25, 0.3) is 0 Å². The molecular weight excluding hydrogens is 594 g/mol. The zero-order valence-corrected chi connectivity index (χ0v) is 24.3. The summed E-state index contributed by atoms with van der Waals surface area (Å²) in [7, 11) is 2.00. The fraction of sp³-hybridized carbons (Fsp3) is 0.619. The van der Waals surface area contributed by atoms with Crippen molar-refractivity contribution in [2.45, 2.75) is 63.6 Å². The highest BCUT2D eigenvalue weighted by atomic mass is 32.7. The molecule has 0 aliphatic carbocycles. The van der Waals surface area contributed by atoms with Crippen LogP contribution in [0.3, 0.4) is 0 Å². The molecule has 0 saturated carbocycles. The van der Waals surface area contributed by atoms with Gasteiger partial charge in [0, 0.05) is 45.8 Å². The summed E-state index contributed by atoms with van der Waals surface area (Å²) in [5, 5.41) is 20.4. The Morgan fingerprint density at radius 1 is 1.02 bits per heavy atom. The Balaban J connectivity index is 1.46. The van der Waals surface area contributed by atoms with E-state index in [2.05, 4.69) is 9.97 Å². The number of aliphatic hydroxyl groups is 2. The van der Waals surface area contributed by atoms with Gasteiger partial charge in [0.05, 0.1) is 19.3 Å². The topological polar surface area (TPSA) is 213 Å². The molecule has 0 aromatic carbocycles. The van der Waals surface area contributed by atoms with Crippen LogP contribution in [0.1, 0.15) is 36.4 Å². The van der Waals surface area contributed by atoms with Gasteiger partial charge in [-0.25, -0.2) is 14.2 Å². The summed E-state index contributed by atoms with van der Waals surface area (Å²) in [6.07, 6.45) is -3.26. The highest BCUT2D eigenvalue weighted by Gasteiger charge is 2.44. The molecule has 2 aromatic heterocycles. The number of rotatable bonds is 11. The largest absolute Gasteiger partial charge is 0.394 e. The van der Waals surface area contributed by atoms with E-state index in [-0.39, 0.29) is 29.9 Å². The molecule has 2 aliphatic heterocycles. The Hall–Kier alpha value is -1.91. The molecule has 4 N–H and O–H groups in total. The van der Waals surface area contributed by atoms with E-state index in [0.717, 1.165) is 9.13 Å². The van der Waals surface area contributed by atoms with Crippen LogP contribution >= 0.6 is 27.6 Å². The molecule has 16 nitrogen and oxygen atoms in total. The van der Waals surface area contributed by atoms with Gasteiger partial charge in [0.25, 0.3) is 11.1 Å². The van der Waals surface area contributed by atoms with E-state index in [4.69, 9.17) is 23.0 Å². The summed E-state index contributed by atoms with van der Waals surface area (Å²) < 4.78 is 43.9. The number of H-pyrrole nitrogens is 2. The molecule has 0 spiro atoms. The number of aryl methyl sites for hydroxylation is 2. The predicted octanol–water partition coefficient (Wildman–Crippen LogP) is -0.361. The predicted molar refractivity (Wildman–Crippen MR) is 144 cm³/mol. The standard InChI is InChI=1S/C21H30N4O12P2S/c1-10-5-24(20(30)22-18(10)28)16-3-12(27)15(36-16)8-34-39(32,40-9-33-38)37-13-4-17(35-14(13)7-26)25-6-11(2)19(29)23-21(25)31/h5-6,12-17,26-27H,3-4,7-9,38H2,1-2H3,(H,22,28,30)(H,23,29,31)/t12-,13-,14+,15+,16+,17+,39?/m0/s1. The Kier molecular flexibility index (Phi) is 10.0. The van der Waals surface area contributed by atoms with E-state index in [0.29, 0.717) is 11.4 Å². The number of aliphatic hydroxyl groups excluding tert-OH is 2. The summed E-state index contributed by atoms with van der Waals surface area (Å²) in [5.74, 6) is -0.121. The average Bonchev–Trinajstić information content (AvgIpc) is 3.48. The molecule has 2 saturated heterocycles. The first-order valence-electron chi connectivity index (χ1n) is 12.1. The Morgan fingerprint density at radius 2 is 1.57 bits per heavy atom. The second-order valence-corrected chi connectivity index (χ2v) is 13.5. The maximum absolute atomic E-state index is 13.7. The number of hydrogen-bond donors (Lipinski definition) is 4. The minimum absolute atomic E-state index is 0.00446. The van der Waals surface area contributed by atoms with Crippen molar-refractivity contribution < 1.29 is 37.8 Å². The van der Waals surface area contributed by atoms with Crippen molar-refractivity contribution in [3.63, 3.8) is 0 Å². The average molecular weight is 625 g/mol. The molecule has 0 bridgehead atoms. The summed E-state index contributed by atoms with van der Waals surface area (Å²) in [5.41, 5.74) is -1.97. The monoisotopic (exact) mass is 624 g/mol. The van der Waals surface area contributed by atoms with Crippen LogP contribution in [-0.4, -0.2) is 72.9 Å². The van der Waals surface area contributed by atoms with E-state index >= 15 is 0 Å². The number of aromatic amines is 2. The number of hydrogen-bond acceptors (Lipinski definition) is 13. The summed E-state index contributed by atoms with van der Waals surface area (Å²) in [6.45, 7) is -1.93. The van der Waals surface area contributed by atoms with E-state index in [1.807, 2.05) is 9.47 Å². The van der Waals surface area contributed by atoms with Crippen LogP contribution in [0.4, 0.5) is 0 Å². The maximum atomic E-state index is 13.7. The Labute approximate surface area is 232 Å². The van der Waals surface area contributed by atoms with Gasteiger partial charge in [-0.1, -0.05) is 0 Å². The Bertz CT molecular complexity index is 1490. The van der Waals surface area contributed by atoms with Crippen molar-refractivity contribution in [2.75, 3.05) is 19.2 Å². The first-order valence-corrected chi connectivity index (χ1v) is 15.7. The van der Waals surface area contributed by atoms with Crippen molar-refractivity contribution in [1.29, 1.82) is 0 Å². The number of ether oxygens (including phenoxy) is 2. The molecule has 2 fully saturated rings. The molecule has 2 aliphatic rings. The lowest BCUT2D eigenvalue weighted by atomic mass is 10.2. The van der Waals surface area contributed by atoms with Crippen LogP contribution in [0.5, 0.6) is 0 Å². The molecule has 4 heterocycles. The van der Waals surface area contributed by atoms with Gasteiger partial charge in [0.1, 0.15) is 36.7 Å². The van der Waals surface area contributed by atoms with Crippen molar-refractivity contribution >= 4 is 27.6 Å². The van der Waals surface area contributed by atoms with E-state index in [1.54, 1.807) is 0 Å². The molecule has 40 heavy (non-hydrogen) atoms. The Morgan fingerprint density at radius 3 is 2.12 bits per heavy atom. The van der Waals surface area contributed by atoms with Gasteiger partial charge >= 0.3 is 18.2 Å². The third-order valence-electron chi connectivity index (χ3n) is 6.42. The van der Waals surface area contributed by atoms with Gasteiger partial charge in [-0.3, -0.25) is 37.7 Å². The third-order valence-corrected chi connectivity index (χ3v) is 10.2. The molecule has 19 heteroatoms. The van der Waals surface area contributed by atoms with Crippen molar-refractivity contribution in [1.82, 2.24) is 19.1 Å². The van der Waals surface area contributed by atoms with Crippen molar-refractivity contribution in [3.8, 4) is 0 Å². The summed E-state index contributed by atoms with van der Waals surface area (Å²) in [4.78, 5) is 52.3. The second kappa shape index (κ2) is 12.9. The number of nitrogens with zero attached hydrogens (tertiary/aromatic N) is 2. The molecular formula is C21H30N4O12P2S. The van der Waals surface area contributed by atoms with Crippen LogP contribution in [0.15, 0.2) is 31.6 Å². The highest BCUT2D eigenvalue weighted by molar-refractivity contribution is 8.55. The minimum Gasteiger partial charge on any atom is -0.394 e.